The van der Waals surface area contributed by atoms with Gasteiger partial charge in [0.05, 0.1) is 6.33 Å². The summed E-state index contributed by atoms with van der Waals surface area (Å²) in [6.45, 7) is 5.78. The van der Waals surface area contributed by atoms with Gasteiger partial charge in [-0.05, 0) is 0 Å². The summed E-state index contributed by atoms with van der Waals surface area (Å²) in [5, 5.41) is 29.0. The summed E-state index contributed by atoms with van der Waals surface area (Å²) in [7, 11) is 0. The molecule has 3 aromatic heterocycles. The average molecular weight is 381 g/mol. The topological polar surface area (TPSA) is 132 Å². The fraction of sp³-hybridized carbons (Fsp3) is 0.533. The smallest absolute Gasteiger partial charge is 0.248 e. The summed E-state index contributed by atoms with van der Waals surface area (Å²) in [5.74, 6) is 0.509. The Morgan fingerprint density at radius 2 is 1.88 bits per heavy atom. The lowest BCUT2D eigenvalue weighted by Gasteiger charge is -2.16. The van der Waals surface area contributed by atoms with Crippen molar-refractivity contribution >= 4 is 22.8 Å². The molecule has 0 aromatic carbocycles. The highest BCUT2D eigenvalue weighted by Gasteiger charge is 2.47. The van der Waals surface area contributed by atoms with Crippen LogP contribution < -0.4 is 0 Å². The minimum absolute atomic E-state index is 0.0982. The summed E-state index contributed by atoms with van der Waals surface area (Å²) in [4.78, 5) is 12.1. The first-order chi connectivity index (χ1) is 12.3. The molecule has 138 valence electrons. The van der Waals surface area contributed by atoms with Gasteiger partial charge in [-0.25, -0.2) is 15.0 Å². The number of rotatable bonds is 2. The van der Waals surface area contributed by atoms with Crippen LogP contribution in [0.3, 0.4) is 0 Å². The molecule has 1 aliphatic heterocycles. The van der Waals surface area contributed by atoms with Gasteiger partial charge in [0, 0.05) is 5.41 Å². The molecule has 0 spiro atoms. The predicted octanol–water partition coefficient (Wildman–Crippen LogP) is 1.15. The Kier molecular flexibility index (Phi) is 3.95. The number of imidazole rings is 1. The molecule has 1 saturated heterocycles. The van der Waals surface area contributed by atoms with Crippen molar-refractivity contribution < 1.29 is 19.4 Å². The molecule has 4 atom stereocenters. The van der Waals surface area contributed by atoms with Crippen molar-refractivity contribution in [2.75, 3.05) is 0 Å². The number of aromatic nitrogens is 6. The highest BCUT2D eigenvalue weighted by molar-refractivity contribution is 6.33. The van der Waals surface area contributed by atoms with Crippen molar-refractivity contribution in [3.05, 3.63) is 29.6 Å². The minimum atomic E-state index is -1.26. The third-order valence-corrected chi connectivity index (χ3v) is 4.43. The molecule has 3 aromatic rings. The molecule has 0 bridgehead atoms. The van der Waals surface area contributed by atoms with E-state index in [1.165, 1.54) is 17.2 Å². The van der Waals surface area contributed by atoms with E-state index < -0.39 is 24.5 Å². The number of hydrogen-bond donors (Lipinski definition) is 2. The Hall–Kier alpha value is -2.14. The molecule has 2 N–H and O–H groups in total. The maximum Gasteiger partial charge on any atom is 0.248 e. The second-order valence-electron chi connectivity index (χ2n) is 7.11. The second-order valence-corrected chi connectivity index (χ2v) is 7.47. The van der Waals surface area contributed by atoms with Crippen LogP contribution in [0.15, 0.2) is 17.1 Å². The van der Waals surface area contributed by atoms with E-state index >= 15 is 0 Å². The van der Waals surface area contributed by atoms with Crippen LogP contribution in [0.25, 0.3) is 11.2 Å². The first kappa shape index (κ1) is 17.3. The van der Waals surface area contributed by atoms with Gasteiger partial charge in [-0.2, -0.15) is 0 Å². The van der Waals surface area contributed by atoms with Crippen molar-refractivity contribution in [1.29, 1.82) is 0 Å². The third kappa shape index (κ3) is 2.65. The van der Waals surface area contributed by atoms with Gasteiger partial charge in [0.1, 0.15) is 24.1 Å². The Morgan fingerprint density at radius 3 is 2.58 bits per heavy atom. The van der Waals surface area contributed by atoms with E-state index in [2.05, 4.69) is 25.1 Å². The van der Waals surface area contributed by atoms with E-state index in [1.807, 2.05) is 20.8 Å². The summed E-state index contributed by atoms with van der Waals surface area (Å²) in [6, 6.07) is 0. The standard InChI is InChI=1S/C15H17ClN6O4/c1-15(2,3)14-21-20-12(26-14)9-7(23)8(24)13(25-9)22-5-19-6-10(16)17-4-18-11(6)22/h4-5,7-9,13,23-24H,1-3H3/t7-,8+,9-,13+/m0/s1. The van der Waals surface area contributed by atoms with Crippen LogP contribution in [-0.2, 0) is 10.2 Å². The van der Waals surface area contributed by atoms with E-state index in [0.29, 0.717) is 17.1 Å². The second kappa shape index (κ2) is 5.95. The molecule has 26 heavy (non-hydrogen) atoms. The highest BCUT2D eigenvalue weighted by Crippen LogP contribution is 2.40. The molecule has 1 fully saturated rings. The largest absolute Gasteiger partial charge is 0.422 e. The van der Waals surface area contributed by atoms with Crippen LogP contribution in [0.5, 0.6) is 0 Å². The van der Waals surface area contributed by atoms with Gasteiger partial charge < -0.3 is 19.4 Å². The number of aliphatic hydroxyl groups is 2. The molecular formula is C15H17ClN6O4. The molecule has 0 aliphatic carbocycles. The monoisotopic (exact) mass is 380 g/mol. The van der Waals surface area contributed by atoms with Crippen molar-refractivity contribution in [2.45, 2.75) is 50.7 Å². The van der Waals surface area contributed by atoms with Crippen LogP contribution in [0.1, 0.15) is 44.9 Å². The Morgan fingerprint density at radius 1 is 1.12 bits per heavy atom. The normalized spacial score (nSPS) is 26.7. The Labute approximate surface area is 152 Å². The fourth-order valence-electron chi connectivity index (χ4n) is 2.76. The van der Waals surface area contributed by atoms with Crippen LogP contribution >= 0.6 is 11.6 Å². The molecule has 11 heteroatoms. The summed E-state index contributed by atoms with van der Waals surface area (Å²) in [6.07, 6.45) is -1.74. The molecule has 10 nitrogen and oxygen atoms in total. The summed E-state index contributed by atoms with van der Waals surface area (Å²) < 4.78 is 12.9. The Balaban J connectivity index is 1.68. The van der Waals surface area contributed by atoms with Gasteiger partial charge in [0.15, 0.2) is 23.1 Å². The lowest BCUT2D eigenvalue weighted by molar-refractivity contribution is -0.0441. The quantitative estimate of drug-likeness (QED) is 0.628. The van der Waals surface area contributed by atoms with Crippen molar-refractivity contribution in [1.82, 2.24) is 29.7 Å². The molecule has 0 saturated carbocycles. The fourth-order valence-corrected chi connectivity index (χ4v) is 2.93. The lowest BCUT2D eigenvalue weighted by Crippen LogP contribution is -2.29. The minimum Gasteiger partial charge on any atom is -0.422 e. The number of nitrogens with zero attached hydrogens (tertiary/aromatic N) is 6. The van der Waals surface area contributed by atoms with Gasteiger partial charge >= 0.3 is 0 Å². The first-order valence-corrected chi connectivity index (χ1v) is 8.33. The van der Waals surface area contributed by atoms with Crippen molar-refractivity contribution in [2.24, 2.45) is 0 Å². The highest BCUT2D eigenvalue weighted by atomic mass is 35.5. The molecule has 4 heterocycles. The third-order valence-electron chi connectivity index (χ3n) is 4.15. The molecule has 1 aliphatic rings. The van der Waals surface area contributed by atoms with Gasteiger partial charge in [0.25, 0.3) is 0 Å². The zero-order valence-electron chi connectivity index (χ0n) is 14.2. The molecule has 0 amide bonds. The molecule has 0 radical (unpaired) electrons. The summed E-state index contributed by atoms with van der Waals surface area (Å²) in [5.41, 5.74) is 0.402. The number of hydrogen-bond acceptors (Lipinski definition) is 9. The maximum absolute atomic E-state index is 10.5. The number of ether oxygens (including phenoxy) is 1. The molecule has 4 rings (SSSR count). The first-order valence-electron chi connectivity index (χ1n) is 7.96. The Bertz CT molecular complexity index is 951. The predicted molar refractivity (Wildman–Crippen MR) is 88.2 cm³/mol. The van der Waals surface area contributed by atoms with Gasteiger partial charge in [-0.3, -0.25) is 4.57 Å². The van der Waals surface area contributed by atoms with Crippen LogP contribution in [0, 0.1) is 0 Å². The number of aliphatic hydroxyl groups excluding tert-OH is 2. The SMILES string of the molecule is CC(C)(C)c1nnc([C@H]2O[C@@H](n3cnc4c(Cl)ncnc43)[C@H](O)[C@@H]2O)o1. The summed E-state index contributed by atoms with van der Waals surface area (Å²) >= 11 is 6.00. The molecular weight excluding hydrogens is 364 g/mol. The van der Waals surface area contributed by atoms with Gasteiger partial charge in [-0.1, -0.05) is 32.4 Å². The number of halogens is 1. The zero-order valence-corrected chi connectivity index (χ0v) is 15.0. The average Bonchev–Trinajstić information content (AvgIpc) is 3.27. The zero-order chi connectivity index (χ0) is 18.6. The molecule has 0 unspecified atom stereocenters. The van der Waals surface area contributed by atoms with E-state index in [-0.39, 0.29) is 16.5 Å². The van der Waals surface area contributed by atoms with Gasteiger partial charge in [-0.15, -0.1) is 10.2 Å². The lowest BCUT2D eigenvalue weighted by atomic mass is 9.97. The van der Waals surface area contributed by atoms with Gasteiger partial charge in [0.2, 0.25) is 11.8 Å². The van der Waals surface area contributed by atoms with E-state index in [9.17, 15) is 10.2 Å². The van der Waals surface area contributed by atoms with Crippen LogP contribution in [0.2, 0.25) is 5.15 Å². The van der Waals surface area contributed by atoms with Crippen LogP contribution in [-0.4, -0.2) is 52.1 Å². The van der Waals surface area contributed by atoms with Crippen LogP contribution in [0.4, 0.5) is 0 Å². The van der Waals surface area contributed by atoms with Crippen molar-refractivity contribution in [3.8, 4) is 0 Å². The van der Waals surface area contributed by atoms with E-state index in [4.69, 9.17) is 20.8 Å². The van der Waals surface area contributed by atoms with E-state index in [0.717, 1.165) is 0 Å². The maximum atomic E-state index is 10.5. The van der Waals surface area contributed by atoms with E-state index in [1.54, 1.807) is 0 Å². The number of fused-ring (bicyclic) bond motifs is 1. The van der Waals surface area contributed by atoms with Crippen molar-refractivity contribution in [3.63, 3.8) is 0 Å².